The highest BCUT2D eigenvalue weighted by molar-refractivity contribution is 7.80. The molecule has 2 aliphatic heterocycles. The number of amides is 3. The number of nitrogens with zero attached hydrogens (tertiary/aromatic N) is 2. The van der Waals surface area contributed by atoms with Gasteiger partial charge in [0.15, 0.2) is 0 Å². The molecule has 2 unspecified atom stereocenters. The van der Waals surface area contributed by atoms with Gasteiger partial charge in [0, 0.05) is 18.6 Å². The number of rotatable bonds is 7. The van der Waals surface area contributed by atoms with Crippen LogP contribution in [0.2, 0.25) is 0 Å². The summed E-state index contributed by atoms with van der Waals surface area (Å²) in [6, 6.07) is -2.10. The van der Waals surface area contributed by atoms with Crippen molar-refractivity contribution in [2.75, 3.05) is 19.7 Å². The number of carbonyl (C=O) groups is 2. The van der Waals surface area contributed by atoms with Gasteiger partial charge in [0.25, 0.3) is 5.91 Å². The van der Waals surface area contributed by atoms with Crippen molar-refractivity contribution in [1.29, 1.82) is 0 Å². The van der Waals surface area contributed by atoms with Crippen LogP contribution in [0.5, 0.6) is 0 Å². The molecule has 2 aliphatic rings. The lowest BCUT2D eigenvalue weighted by Gasteiger charge is -2.29. The van der Waals surface area contributed by atoms with Crippen molar-refractivity contribution in [2.24, 2.45) is 0 Å². The summed E-state index contributed by atoms with van der Waals surface area (Å²) in [6.45, 7) is 6.94. The fourth-order valence-corrected chi connectivity index (χ4v) is 3.16. The van der Waals surface area contributed by atoms with Gasteiger partial charge in [0.1, 0.15) is 6.04 Å². The Morgan fingerprint density at radius 1 is 1.36 bits per heavy atom. The minimum Gasteiger partial charge on any atom is -0.310 e. The van der Waals surface area contributed by atoms with Crippen molar-refractivity contribution in [2.45, 2.75) is 51.2 Å². The van der Waals surface area contributed by atoms with E-state index < -0.39 is 34.4 Å². The Balaban J connectivity index is 1.84. The van der Waals surface area contributed by atoms with E-state index in [1.54, 1.807) is 0 Å². The van der Waals surface area contributed by atoms with Crippen molar-refractivity contribution < 1.29 is 31.7 Å². The molecule has 3 amide bonds. The average Bonchev–Trinajstić information content (AvgIpc) is 2.69. The van der Waals surface area contributed by atoms with Gasteiger partial charge in [-0.05, 0) is 33.6 Å². The second-order valence-electron chi connectivity index (χ2n) is 7.00. The number of fused-ring (bicyclic) bond motifs is 2. The second kappa shape index (κ2) is 7.41. The number of hydrogen-bond donors (Lipinski definition) is 3. The molecular formula is C13H24N4O7S. The Kier molecular flexibility index (Phi) is 5.89. The van der Waals surface area contributed by atoms with Crippen LogP contribution >= 0.6 is 0 Å². The summed E-state index contributed by atoms with van der Waals surface area (Å²) in [7, 11) is -4.80. The van der Waals surface area contributed by atoms with Crippen LogP contribution in [0.25, 0.3) is 0 Å². The second-order valence-corrected chi connectivity index (χ2v) is 8.01. The van der Waals surface area contributed by atoms with Crippen LogP contribution < -0.4 is 10.8 Å². The van der Waals surface area contributed by atoms with Crippen molar-refractivity contribution in [3.63, 3.8) is 0 Å². The molecule has 0 aromatic rings. The van der Waals surface area contributed by atoms with Crippen LogP contribution in [0, 0.1) is 0 Å². The van der Waals surface area contributed by atoms with E-state index in [1.807, 2.05) is 20.8 Å². The summed E-state index contributed by atoms with van der Waals surface area (Å²) >= 11 is 0. The first-order valence-corrected chi connectivity index (χ1v) is 9.28. The van der Waals surface area contributed by atoms with Crippen LogP contribution in [0.3, 0.4) is 0 Å². The van der Waals surface area contributed by atoms with E-state index in [4.69, 9.17) is 9.39 Å². The van der Waals surface area contributed by atoms with E-state index in [1.165, 1.54) is 4.90 Å². The smallest absolute Gasteiger partial charge is 0.310 e. The van der Waals surface area contributed by atoms with Gasteiger partial charge in [-0.15, -0.1) is 4.28 Å². The molecule has 0 aromatic heterocycles. The predicted molar refractivity (Wildman–Crippen MR) is 85.2 cm³/mol. The number of carbonyl (C=O) groups excluding carboxylic acids is 2. The van der Waals surface area contributed by atoms with Crippen molar-refractivity contribution in [3.05, 3.63) is 0 Å². The zero-order valence-corrected chi connectivity index (χ0v) is 15.2. The molecule has 2 bridgehead atoms. The van der Waals surface area contributed by atoms with Crippen LogP contribution in [0.15, 0.2) is 0 Å². The standard InChI is InChI=1S/C13H24N4O7S/c1-13(2,3)14-6-7-23-15-11(18)10-5-4-9-8-16(10)12(19)17(9)24-25(20,21)22/h9-10,14H,4-8H2,1-3H3,(H,15,18)(H,20,21,22). The molecule has 0 saturated carbocycles. The molecule has 0 radical (unpaired) electrons. The Hall–Kier alpha value is -1.47. The molecule has 0 aliphatic carbocycles. The third-order valence-corrected chi connectivity index (χ3v) is 4.18. The topological polar surface area (TPSA) is 138 Å². The van der Waals surface area contributed by atoms with Gasteiger partial charge in [-0.2, -0.15) is 13.5 Å². The van der Waals surface area contributed by atoms with E-state index in [0.717, 1.165) is 0 Å². The van der Waals surface area contributed by atoms with Crippen molar-refractivity contribution in [3.8, 4) is 0 Å². The molecule has 12 heteroatoms. The van der Waals surface area contributed by atoms with Gasteiger partial charge in [-0.3, -0.25) is 14.2 Å². The summed E-state index contributed by atoms with van der Waals surface area (Å²) in [6.07, 6.45) is 0.693. The van der Waals surface area contributed by atoms with Crippen LogP contribution in [0.1, 0.15) is 33.6 Å². The first-order chi connectivity index (χ1) is 11.5. The highest BCUT2D eigenvalue weighted by Gasteiger charge is 2.49. The van der Waals surface area contributed by atoms with E-state index >= 15 is 0 Å². The lowest BCUT2D eigenvalue weighted by Crippen LogP contribution is -2.50. The molecule has 3 N–H and O–H groups in total. The predicted octanol–water partition coefficient (Wildman–Crippen LogP) is -0.575. The number of nitrogens with one attached hydrogen (secondary N) is 2. The lowest BCUT2D eigenvalue weighted by atomic mass is 10.0. The van der Waals surface area contributed by atoms with Crippen LogP contribution in [-0.4, -0.2) is 72.2 Å². The first kappa shape index (κ1) is 19.8. The number of piperidine rings is 1. The van der Waals surface area contributed by atoms with E-state index in [-0.39, 0.29) is 18.7 Å². The number of hydroxylamine groups is 3. The number of hydrogen-bond acceptors (Lipinski definition) is 7. The summed E-state index contributed by atoms with van der Waals surface area (Å²) in [4.78, 5) is 30.7. The average molecular weight is 380 g/mol. The molecule has 2 heterocycles. The highest BCUT2D eigenvalue weighted by Crippen LogP contribution is 2.30. The molecule has 144 valence electrons. The van der Waals surface area contributed by atoms with E-state index in [0.29, 0.717) is 24.4 Å². The molecule has 11 nitrogen and oxygen atoms in total. The fraction of sp³-hybridized carbons (Fsp3) is 0.846. The molecule has 2 saturated heterocycles. The van der Waals surface area contributed by atoms with Gasteiger partial charge < -0.3 is 10.2 Å². The Morgan fingerprint density at radius 3 is 2.64 bits per heavy atom. The summed E-state index contributed by atoms with van der Waals surface area (Å²) in [5.74, 6) is -0.490. The minimum absolute atomic E-state index is 0.0653. The van der Waals surface area contributed by atoms with Crippen LogP contribution in [0.4, 0.5) is 4.79 Å². The Labute approximate surface area is 146 Å². The Bertz CT molecular complexity index is 618. The lowest BCUT2D eigenvalue weighted by molar-refractivity contribution is -0.138. The molecule has 25 heavy (non-hydrogen) atoms. The van der Waals surface area contributed by atoms with Crippen LogP contribution in [-0.2, 0) is 24.3 Å². The number of urea groups is 1. The van der Waals surface area contributed by atoms with E-state index in [9.17, 15) is 18.0 Å². The third-order valence-electron chi connectivity index (χ3n) is 3.83. The highest BCUT2D eigenvalue weighted by atomic mass is 32.3. The molecule has 2 rings (SSSR count). The molecule has 2 atom stereocenters. The SMILES string of the molecule is CC(C)(C)NCCONC(=O)C1CCC2CN1C(=O)N2OS(=O)(=O)O. The molecule has 0 spiro atoms. The molecular weight excluding hydrogens is 356 g/mol. The summed E-state index contributed by atoms with van der Waals surface area (Å²) in [5.41, 5.74) is 2.24. The summed E-state index contributed by atoms with van der Waals surface area (Å²) in [5, 5.41) is 3.79. The minimum atomic E-state index is -4.80. The van der Waals surface area contributed by atoms with Gasteiger partial charge in [0.05, 0.1) is 12.6 Å². The van der Waals surface area contributed by atoms with Crippen molar-refractivity contribution >= 4 is 22.3 Å². The zero-order valence-electron chi connectivity index (χ0n) is 14.4. The normalized spacial score (nSPS) is 23.9. The van der Waals surface area contributed by atoms with Gasteiger partial charge in [0.2, 0.25) is 0 Å². The monoisotopic (exact) mass is 380 g/mol. The van der Waals surface area contributed by atoms with Gasteiger partial charge in [-0.25, -0.2) is 10.3 Å². The Morgan fingerprint density at radius 2 is 2.04 bits per heavy atom. The first-order valence-electron chi connectivity index (χ1n) is 7.91. The van der Waals surface area contributed by atoms with Gasteiger partial charge >= 0.3 is 16.4 Å². The maximum atomic E-state index is 12.2. The van der Waals surface area contributed by atoms with E-state index in [2.05, 4.69) is 15.1 Å². The van der Waals surface area contributed by atoms with Crippen molar-refractivity contribution in [1.82, 2.24) is 20.8 Å². The maximum absolute atomic E-state index is 12.2. The fourth-order valence-electron chi connectivity index (χ4n) is 2.77. The zero-order chi connectivity index (χ0) is 18.8. The third kappa shape index (κ3) is 5.51. The maximum Gasteiger partial charge on any atom is 0.418 e. The van der Waals surface area contributed by atoms with Gasteiger partial charge in [-0.1, -0.05) is 0 Å². The molecule has 2 fully saturated rings. The summed E-state index contributed by atoms with van der Waals surface area (Å²) < 4.78 is 34.7. The molecule has 0 aromatic carbocycles. The quantitative estimate of drug-likeness (QED) is 0.303. The largest absolute Gasteiger partial charge is 0.418 e.